The van der Waals surface area contributed by atoms with Gasteiger partial charge in [-0.15, -0.1) is 0 Å². The number of aliphatic hydroxyl groups excluding tert-OH is 1. The highest BCUT2D eigenvalue weighted by Gasteiger charge is 2.45. The number of likely N-dealkylation sites (tertiary alicyclic amines) is 1. The van der Waals surface area contributed by atoms with Gasteiger partial charge in [0.25, 0.3) is 11.7 Å². The molecule has 1 fully saturated rings. The summed E-state index contributed by atoms with van der Waals surface area (Å²) in [4.78, 5) is 27.7. The van der Waals surface area contributed by atoms with Gasteiger partial charge in [0.15, 0.2) is 0 Å². The molecule has 0 bridgehead atoms. The topological polar surface area (TPSA) is 76.1 Å². The molecule has 1 aliphatic rings. The maximum Gasteiger partial charge on any atom is 0.295 e. The summed E-state index contributed by atoms with van der Waals surface area (Å²) in [6, 6.07) is 13.7. The van der Waals surface area contributed by atoms with Crippen molar-refractivity contribution in [2.24, 2.45) is 5.92 Å². The Kier molecular flexibility index (Phi) is 8.74. The van der Waals surface area contributed by atoms with Gasteiger partial charge in [0.2, 0.25) is 0 Å². The largest absolute Gasteiger partial charge is 0.507 e. The number of amides is 1. The average Bonchev–Trinajstić information content (AvgIpc) is 3.08. The van der Waals surface area contributed by atoms with Gasteiger partial charge in [-0.05, 0) is 61.2 Å². The van der Waals surface area contributed by atoms with Crippen LogP contribution >= 0.6 is 0 Å². The summed E-state index contributed by atoms with van der Waals surface area (Å²) in [5.74, 6) is 0.308. The minimum absolute atomic E-state index is 0.103. The van der Waals surface area contributed by atoms with E-state index in [2.05, 4.69) is 20.8 Å². The summed E-state index contributed by atoms with van der Waals surface area (Å²) in [5, 5.41) is 11.2. The molecule has 1 unspecified atom stereocenters. The highest BCUT2D eigenvalue weighted by Crippen LogP contribution is 2.40. The smallest absolute Gasteiger partial charge is 0.295 e. The van der Waals surface area contributed by atoms with Crippen molar-refractivity contribution in [1.82, 2.24) is 4.90 Å². The average molecular weight is 466 g/mol. The van der Waals surface area contributed by atoms with E-state index in [9.17, 15) is 14.7 Å². The SMILES string of the molecule is CCCCCN1C(=O)C(=O)/C(=C(\O)c2ccc(OCC(C)C)cc2)C1c1cccc(OCC)c1. The molecule has 0 saturated carbocycles. The number of ether oxygens (including phenoxy) is 2. The molecule has 34 heavy (non-hydrogen) atoms. The van der Waals surface area contributed by atoms with Crippen molar-refractivity contribution in [3.05, 3.63) is 65.2 Å². The molecule has 1 heterocycles. The fourth-order valence-electron chi connectivity index (χ4n) is 4.06. The lowest BCUT2D eigenvalue weighted by molar-refractivity contribution is -0.139. The Hall–Kier alpha value is -3.28. The van der Waals surface area contributed by atoms with E-state index in [0.717, 1.165) is 24.8 Å². The molecule has 1 N–H and O–H groups in total. The number of hydrogen-bond donors (Lipinski definition) is 1. The third kappa shape index (κ3) is 5.79. The van der Waals surface area contributed by atoms with Gasteiger partial charge in [-0.25, -0.2) is 0 Å². The van der Waals surface area contributed by atoms with Gasteiger partial charge in [0.05, 0.1) is 24.8 Å². The molecule has 2 aromatic carbocycles. The van der Waals surface area contributed by atoms with E-state index in [-0.39, 0.29) is 11.3 Å². The molecule has 1 atom stereocenters. The lowest BCUT2D eigenvalue weighted by Gasteiger charge is -2.25. The fourth-order valence-corrected chi connectivity index (χ4v) is 4.06. The zero-order valence-electron chi connectivity index (χ0n) is 20.5. The number of aliphatic hydroxyl groups is 1. The molecule has 1 amide bonds. The van der Waals surface area contributed by atoms with Crippen LogP contribution in [-0.2, 0) is 9.59 Å². The van der Waals surface area contributed by atoms with Crippen molar-refractivity contribution in [1.29, 1.82) is 0 Å². The molecule has 3 rings (SSSR count). The number of unbranched alkanes of at least 4 members (excludes halogenated alkanes) is 2. The minimum Gasteiger partial charge on any atom is -0.507 e. The molecule has 2 aromatic rings. The second-order valence-electron chi connectivity index (χ2n) is 8.93. The van der Waals surface area contributed by atoms with Crippen LogP contribution in [0.2, 0.25) is 0 Å². The number of carbonyl (C=O) groups excluding carboxylic acids is 2. The van der Waals surface area contributed by atoms with E-state index < -0.39 is 17.7 Å². The summed E-state index contributed by atoms with van der Waals surface area (Å²) >= 11 is 0. The van der Waals surface area contributed by atoms with Crippen molar-refractivity contribution >= 4 is 17.4 Å². The molecule has 1 saturated heterocycles. The van der Waals surface area contributed by atoms with Gasteiger partial charge >= 0.3 is 0 Å². The number of nitrogens with zero attached hydrogens (tertiary/aromatic N) is 1. The fraction of sp³-hybridized carbons (Fsp3) is 0.429. The van der Waals surface area contributed by atoms with Crippen molar-refractivity contribution < 1.29 is 24.2 Å². The first-order valence-corrected chi connectivity index (χ1v) is 12.1. The Bertz CT molecular complexity index is 1030. The molecule has 0 aromatic heterocycles. The normalized spacial score (nSPS) is 17.4. The van der Waals surface area contributed by atoms with Crippen LogP contribution < -0.4 is 9.47 Å². The van der Waals surface area contributed by atoms with Crippen molar-refractivity contribution in [2.45, 2.75) is 53.0 Å². The van der Waals surface area contributed by atoms with Crippen LogP contribution in [0.1, 0.15) is 64.1 Å². The van der Waals surface area contributed by atoms with Crippen molar-refractivity contribution in [3.8, 4) is 11.5 Å². The Morgan fingerprint density at radius 2 is 1.74 bits per heavy atom. The first-order valence-electron chi connectivity index (χ1n) is 12.1. The number of benzene rings is 2. The van der Waals surface area contributed by atoms with Crippen LogP contribution in [0.4, 0.5) is 0 Å². The van der Waals surface area contributed by atoms with E-state index in [1.807, 2.05) is 31.2 Å². The first-order chi connectivity index (χ1) is 16.4. The number of Topliss-reactive ketones (excluding diaryl/α,β-unsaturated/α-hetero) is 1. The Labute approximate surface area is 202 Å². The lowest BCUT2D eigenvalue weighted by Crippen LogP contribution is -2.30. The van der Waals surface area contributed by atoms with Crippen LogP contribution in [0.15, 0.2) is 54.1 Å². The van der Waals surface area contributed by atoms with Crippen LogP contribution in [0.5, 0.6) is 11.5 Å². The molecule has 182 valence electrons. The second-order valence-corrected chi connectivity index (χ2v) is 8.93. The Balaban J connectivity index is 2.02. The third-order valence-corrected chi connectivity index (χ3v) is 5.74. The third-order valence-electron chi connectivity index (χ3n) is 5.74. The summed E-state index contributed by atoms with van der Waals surface area (Å²) < 4.78 is 11.4. The maximum atomic E-state index is 13.1. The van der Waals surface area contributed by atoms with Crippen molar-refractivity contribution in [3.63, 3.8) is 0 Å². The van der Waals surface area contributed by atoms with Crippen LogP contribution in [0.25, 0.3) is 5.76 Å². The molecule has 1 aliphatic heterocycles. The van der Waals surface area contributed by atoms with Gasteiger partial charge < -0.3 is 19.5 Å². The Morgan fingerprint density at radius 3 is 2.38 bits per heavy atom. The number of rotatable bonds is 11. The zero-order chi connectivity index (χ0) is 24.7. The van der Waals surface area contributed by atoms with Gasteiger partial charge in [0.1, 0.15) is 17.3 Å². The highest BCUT2D eigenvalue weighted by atomic mass is 16.5. The Morgan fingerprint density at radius 1 is 1.00 bits per heavy atom. The van der Waals surface area contributed by atoms with Crippen molar-refractivity contribution in [2.75, 3.05) is 19.8 Å². The van der Waals surface area contributed by atoms with E-state index in [4.69, 9.17) is 9.47 Å². The van der Waals surface area contributed by atoms with E-state index in [1.165, 1.54) is 0 Å². The van der Waals surface area contributed by atoms with Crippen LogP contribution in [0.3, 0.4) is 0 Å². The number of ketones is 1. The molecule has 0 radical (unpaired) electrons. The molecule has 0 aliphatic carbocycles. The van der Waals surface area contributed by atoms with Gasteiger partial charge in [-0.2, -0.15) is 0 Å². The lowest BCUT2D eigenvalue weighted by atomic mass is 9.95. The second kappa shape index (κ2) is 11.7. The van der Waals surface area contributed by atoms with E-state index >= 15 is 0 Å². The molecule has 6 heteroatoms. The summed E-state index contributed by atoms with van der Waals surface area (Å²) in [5.41, 5.74) is 1.31. The van der Waals surface area contributed by atoms with E-state index in [0.29, 0.717) is 42.7 Å². The summed E-state index contributed by atoms with van der Waals surface area (Å²) in [6.07, 6.45) is 2.74. The molecular formula is C28H35NO5. The van der Waals surface area contributed by atoms with Gasteiger partial charge in [0, 0.05) is 12.1 Å². The summed E-state index contributed by atoms with van der Waals surface area (Å²) in [7, 11) is 0. The maximum absolute atomic E-state index is 13.1. The minimum atomic E-state index is -0.672. The zero-order valence-corrected chi connectivity index (χ0v) is 20.5. The molecular weight excluding hydrogens is 430 g/mol. The molecule has 0 spiro atoms. The highest BCUT2D eigenvalue weighted by molar-refractivity contribution is 6.46. The standard InChI is InChI=1S/C28H35NO5/c1-5-7-8-16-29-25(21-10-9-11-23(17-21)33-6-2)24(27(31)28(29)32)26(30)20-12-14-22(15-13-20)34-18-19(3)4/h9-15,17,19,25,30H,5-8,16,18H2,1-4H3/b26-24-. The van der Waals surface area contributed by atoms with E-state index in [1.54, 1.807) is 29.2 Å². The number of hydrogen-bond acceptors (Lipinski definition) is 5. The van der Waals surface area contributed by atoms with Gasteiger partial charge in [-0.1, -0.05) is 45.7 Å². The van der Waals surface area contributed by atoms with Crippen LogP contribution in [-0.4, -0.2) is 41.5 Å². The van der Waals surface area contributed by atoms with Crippen LogP contribution in [0, 0.1) is 5.92 Å². The van der Waals surface area contributed by atoms with Gasteiger partial charge in [-0.3, -0.25) is 9.59 Å². The monoisotopic (exact) mass is 465 g/mol. The summed E-state index contributed by atoms with van der Waals surface area (Å²) in [6.45, 7) is 9.67. The number of carbonyl (C=O) groups is 2. The molecule has 6 nitrogen and oxygen atoms in total. The predicted octanol–water partition coefficient (Wildman–Crippen LogP) is 5.73. The first kappa shape index (κ1) is 25.3. The predicted molar refractivity (Wildman–Crippen MR) is 133 cm³/mol. The quantitative estimate of drug-likeness (QED) is 0.198.